The fourth-order valence-corrected chi connectivity index (χ4v) is 2.68. The summed E-state index contributed by atoms with van der Waals surface area (Å²) in [5, 5.41) is 3.14. The van der Waals surface area contributed by atoms with Gasteiger partial charge in [0.05, 0.1) is 0 Å². The van der Waals surface area contributed by atoms with Crippen molar-refractivity contribution < 1.29 is 8.78 Å². The Morgan fingerprint density at radius 1 is 1.10 bits per heavy atom. The van der Waals surface area contributed by atoms with E-state index in [-0.39, 0.29) is 18.0 Å². The van der Waals surface area contributed by atoms with Crippen LogP contribution in [0.4, 0.5) is 8.78 Å². The third-order valence-corrected chi connectivity index (χ3v) is 4.36. The van der Waals surface area contributed by atoms with Crippen LogP contribution in [0.3, 0.4) is 0 Å². The molecule has 0 aliphatic carbocycles. The molecule has 0 spiro atoms. The molecule has 0 fully saturated rings. The predicted molar refractivity (Wildman–Crippen MR) is 80.7 cm³/mol. The van der Waals surface area contributed by atoms with E-state index >= 15 is 0 Å². The van der Waals surface area contributed by atoms with Gasteiger partial charge in [-0.1, -0.05) is 34.1 Å². The van der Waals surface area contributed by atoms with E-state index in [1.807, 2.05) is 25.1 Å². The Morgan fingerprint density at radius 3 is 2.30 bits per heavy atom. The lowest BCUT2D eigenvalue weighted by Crippen LogP contribution is -2.21. The summed E-state index contributed by atoms with van der Waals surface area (Å²) in [7, 11) is 1.80. The van der Waals surface area contributed by atoms with Crippen LogP contribution in [-0.2, 0) is 6.42 Å². The van der Waals surface area contributed by atoms with Gasteiger partial charge in [-0.3, -0.25) is 0 Å². The summed E-state index contributed by atoms with van der Waals surface area (Å²) in [6.45, 7) is 1.99. The number of halogens is 3. The molecular formula is C16H16BrF2N. The second kappa shape index (κ2) is 6.46. The molecular weight excluding hydrogens is 324 g/mol. The van der Waals surface area contributed by atoms with Crippen molar-refractivity contribution in [2.45, 2.75) is 19.4 Å². The summed E-state index contributed by atoms with van der Waals surface area (Å²) >= 11 is 3.48. The second-order valence-corrected chi connectivity index (χ2v) is 5.55. The number of benzene rings is 2. The first-order chi connectivity index (χ1) is 9.54. The zero-order chi connectivity index (χ0) is 14.7. The van der Waals surface area contributed by atoms with E-state index < -0.39 is 11.6 Å². The van der Waals surface area contributed by atoms with Gasteiger partial charge < -0.3 is 5.32 Å². The highest BCUT2D eigenvalue weighted by Gasteiger charge is 2.18. The first-order valence-corrected chi connectivity index (χ1v) is 7.19. The van der Waals surface area contributed by atoms with E-state index in [4.69, 9.17) is 0 Å². The summed E-state index contributed by atoms with van der Waals surface area (Å²) in [5.41, 5.74) is 2.22. The van der Waals surface area contributed by atoms with Gasteiger partial charge >= 0.3 is 0 Å². The molecule has 2 rings (SSSR count). The van der Waals surface area contributed by atoms with Gasteiger partial charge in [0.25, 0.3) is 0 Å². The van der Waals surface area contributed by atoms with E-state index in [1.165, 1.54) is 18.2 Å². The summed E-state index contributed by atoms with van der Waals surface area (Å²) in [5.74, 6) is -1.00. The van der Waals surface area contributed by atoms with Gasteiger partial charge in [-0.15, -0.1) is 0 Å². The molecule has 106 valence electrons. The summed E-state index contributed by atoms with van der Waals surface area (Å²) in [4.78, 5) is 0. The average Bonchev–Trinajstić information content (AvgIpc) is 2.42. The molecule has 0 bridgehead atoms. The Kier molecular flexibility index (Phi) is 4.89. The minimum atomic E-state index is -0.502. The lowest BCUT2D eigenvalue weighted by molar-refractivity contribution is 0.514. The molecule has 1 N–H and O–H groups in total. The highest BCUT2D eigenvalue weighted by Crippen LogP contribution is 2.28. The van der Waals surface area contributed by atoms with Crippen LogP contribution in [0, 0.1) is 18.6 Å². The van der Waals surface area contributed by atoms with Crippen LogP contribution in [0.5, 0.6) is 0 Å². The zero-order valence-electron chi connectivity index (χ0n) is 11.4. The van der Waals surface area contributed by atoms with Gasteiger partial charge in [0.1, 0.15) is 11.6 Å². The van der Waals surface area contributed by atoms with Crippen molar-refractivity contribution in [2.75, 3.05) is 7.05 Å². The van der Waals surface area contributed by atoms with Gasteiger partial charge in [-0.2, -0.15) is 0 Å². The Balaban J connectivity index is 2.37. The van der Waals surface area contributed by atoms with Gasteiger partial charge in [0.15, 0.2) is 0 Å². The van der Waals surface area contributed by atoms with Gasteiger partial charge in [-0.25, -0.2) is 8.78 Å². The normalized spacial score (nSPS) is 12.4. The molecule has 4 heteroatoms. The molecule has 0 aliphatic heterocycles. The quantitative estimate of drug-likeness (QED) is 0.862. The maximum Gasteiger partial charge on any atom is 0.129 e. The maximum atomic E-state index is 13.8. The summed E-state index contributed by atoms with van der Waals surface area (Å²) < 4.78 is 28.5. The monoisotopic (exact) mass is 339 g/mol. The van der Waals surface area contributed by atoms with Crippen molar-refractivity contribution in [1.82, 2.24) is 5.32 Å². The van der Waals surface area contributed by atoms with Crippen molar-refractivity contribution in [1.29, 1.82) is 0 Å². The molecule has 0 radical (unpaired) electrons. The van der Waals surface area contributed by atoms with Crippen LogP contribution >= 0.6 is 15.9 Å². The Labute approximate surface area is 126 Å². The number of rotatable bonds is 4. The van der Waals surface area contributed by atoms with Crippen molar-refractivity contribution in [3.63, 3.8) is 0 Å². The van der Waals surface area contributed by atoms with E-state index in [2.05, 4.69) is 21.2 Å². The van der Waals surface area contributed by atoms with Crippen molar-refractivity contribution >= 4 is 15.9 Å². The molecule has 0 aliphatic rings. The minimum Gasteiger partial charge on any atom is -0.313 e. The lowest BCUT2D eigenvalue weighted by Gasteiger charge is -2.20. The standard InChI is InChI=1S/C16H16BrF2N/c1-10-11(5-3-6-13(10)17)16(20-2)9-12-14(18)7-4-8-15(12)19/h3-8,16,20H,9H2,1-2H3. The van der Waals surface area contributed by atoms with Crippen LogP contribution in [0.1, 0.15) is 22.7 Å². The van der Waals surface area contributed by atoms with Crippen LogP contribution < -0.4 is 5.32 Å². The molecule has 0 amide bonds. The largest absolute Gasteiger partial charge is 0.313 e. The Morgan fingerprint density at radius 2 is 1.70 bits per heavy atom. The van der Waals surface area contributed by atoms with Gasteiger partial charge in [-0.05, 0) is 49.7 Å². The molecule has 1 atom stereocenters. The van der Waals surface area contributed by atoms with Crippen molar-refractivity contribution in [3.8, 4) is 0 Å². The smallest absolute Gasteiger partial charge is 0.129 e. The first-order valence-electron chi connectivity index (χ1n) is 6.39. The zero-order valence-corrected chi connectivity index (χ0v) is 13.0. The Bertz CT molecular complexity index is 593. The van der Waals surface area contributed by atoms with Crippen molar-refractivity contribution in [3.05, 3.63) is 69.2 Å². The fraction of sp³-hybridized carbons (Fsp3) is 0.250. The predicted octanol–water partition coefficient (Wildman–Crippen LogP) is 4.54. The molecule has 20 heavy (non-hydrogen) atoms. The van der Waals surface area contributed by atoms with E-state index in [0.717, 1.165) is 15.6 Å². The maximum absolute atomic E-state index is 13.8. The topological polar surface area (TPSA) is 12.0 Å². The van der Waals surface area contributed by atoms with Crippen LogP contribution in [0.25, 0.3) is 0 Å². The molecule has 0 saturated carbocycles. The van der Waals surface area contributed by atoms with E-state index in [1.54, 1.807) is 7.05 Å². The molecule has 0 saturated heterocycles. The molecule has 1 unspecified atom stereocenters. The molecule has 2 aromatic carbocycles. The number of likely N-dealkylation sites (N-methyl/N-ethyl adjacent to an activating group) is 1. The molecule has 1 nitrogen and oxygen atoms in total. The van der Waals surface area contributed by atoms with E-state index in [9.17, 15) is 8.78 Å². The number of nitrogens with one attached hydrogen (secondary N) is 1. The number of hydrogen-bond donors (Lipinski definition) is 1. The molecule has 0 aromatic heterocycles. The first kappa shape index (κ1) is 15.1. The molecule has 0 heterocycles. The number of hydrogen-bond acceptors (Lipinski definition) is 1. The highest BCUT2D eigenvalue weighted by atomic mass is 79.9. The third kappa shape index (κ3) is 3.07. The molecule has 2 aromatic rings. The van der Waals surface area contributed by atoms with Crippen LogP contribution in [0.15, 0.2) is 40.9 Å². The Hall–Kier alpha value is -1.26. The van der Waals surface area contributed by atoms with Crippen molar-refractivity contribution in [2.24, 2.45) is 0 Å². The van der Waals surface area contributed by atoms with Crippen LogP contribution in [0.2, 0.25) is 0 Å². The summed E-state index contributed by atoms with van der Waals surface area (Å²) in [6.07, 6.45) is 0.270. The second-order valence-electron chi connectivity index (χ2n) is 4.70. The lowest BCUT2D eigenvalue weighted by atomic mass is 9.95. The average molecular weight is 340 g/mol. The summed E-state index contributed by atoms with van der Waals surface area (Å²) in [6, 6.07) is 9.67. The van der Waals surface area contributed by atoms with Crippen LogP contribution in [-0.4, -0.2) is 7.05 Å². The fourth-order valence-electron chi connectivity index (χ4n) is 2.30. The van der Waals surface area contributed by atoms with Gasteiger partial charge in [0, 0.05) is 16.1 Å². The third-order valence-electron chi connectivity index (χ3n) is 3.50. The van der Waals surface area contributed by atoms with Gasteiger partial charge in [0.2, 0.25) is 0 Å². The SMILES string of the molecule is CNC(Cc1c(F)cccc1F)c1cccc(Br)c1C. The highest BCUT2D eigenvalue weighted by molar-refractivity contribution is 9.10. The van der Waals surface area contributed by atoms with E-state index in [0.29, 0.717) is 0 Å². The minimum absolute atomic E-state index is 0.117.